The molecule has 0 aliphatic carbocycles. The molecule has 1 saturated heterocycles. The first-order chi connectivity index (χ1) is 17.7. The summed E-state index contributed by atoms with van der Waals surface area (Å²) in [6, 6.07) is 13.3. The van der Waals surface area contributed by atoms with E-state index in [-0.39, 0.29) is 30.5 Å². The number of amides is 1. The van der Waals surface area contributed by atoms with Crippen molar-refractivity contribution >= 4 is 38.5 Å². The lowest BCUT2D eigenvalue weighted by Crippen LogP contribution is -2.58. The molecule has 0 saturated carbocycles. The van der Waals surface area contributed by atoms with Gasteiger partial charge in [-0.05, 0) is 23.3 Å². The minimum atomic E-state index is -3.32. The summed E-state index contributed by atoms with van der Waals surface area (Å²) in [7, 11) is -3.32. The van der Waals surface area contributed by atoms with Crippen molar-refractivity contribution in [2.45, 2.75) is 24.0 Å². The Morgan fingerprint density at radius 2 is 1.84 bits per heavy atom. The second-order valence-electron chi connectivity index (χ2n) is 8.79. The van der Waals surface area contributed by atoms with Gasteiger partial charge in [-0.1, -0.05) is 36.4 Å². The minimum absolute atomic E-state index is 0.131. The van der Waals surface area contributed by atoms with Crippen LogP contribution in [0, 0.1) is 0 Å². The number of rotatable bonds is 7. The van der Waals surface area contributed by atoms with Gasteiger partial charge in [0.05, 0.1) is 30.9 Å². The second-order valence-corrected chi connectivity index (χ2v) is 11.6. The van der Waals surface area contributed by atoms with E-state index in [2.05, 4.69) is 9.71 Å². The van der Waals surface area contributed by atoms with Gasteiger partial charge in [0.2, 0.25) is 11.3 Å². The molecule has 194 valence electrons. The number of ether oxygens (including phenoxy) is 1. The molecule has 2 atom stereocenters. The van der Waals surface area contributed by atoms with Crippen LogP contribution in [0.25, 0.3) is 11.4 Å². The molecule has 0 bridgehead atoms. The van der Waals surface area contributed by atoms with Crippen LogP contribution >= 0.6 is 0 Å². The Balaban J connectivity index is 1.47. The first-order valence-electron chi connectivity index (χ1n) is 11.5. The van der Waals surface area contributed by atoms with Crippen molar-refractivity contribution in [2.75, 3.05) is 35.8 Å². The van der Waals surface area contributed by atoms with Gasteiger partial charge in [-0.25, -0.2) is 27.3 Å². The Morgan fingerprint density at radius 3 is 2.51 bits per heavy atom. The highest BCUT2D eigenvalue weighted by molar-refractivity contribution is 7.90. The van der Waals surface area contributed by atoms with Gasteiger partial charge >= 0.3 is 0 Å². The summed E-state index contributed by atoms with van der Waals surface area (Å²) in [6.07, 6.45) is 2.79. The van der Waals surface area contributed by atoms with Gasteiger partial charge in [-0.2, -0.15) is 0 Å². The Morgan fingerprint density at radius 1 is 1.14 bits per heavy atom. The number of carbonyl (C=O) groups excluding carboxylic acids is 1. The molecule has 2 aliphatic heterocycles. The SMILES string of the molecule is CS(=O)(=O)c1ccc(CN2C(=O)C3COCCN3c3nc(-c4ccc(CNS(=O)O)cc4)ncc32)cc1. The third-order valence-corrected chi connectivity index (χ3v) is 7.82. The lowest BCUT2D eigenvalue weighted by atomic mass is 10.1. The Kier molecular flexibility index (Phi) is 7.05. The summed E-state index contributed by atoms with van der Waals surface area (Å²) in [5.41, 5.74) is 2.94. The number of anilines is 2. The van der Waals surface area contributed by atoms with E-state index in [0.29, 0.717) is 30.5 Å². The quantitative estimate of drug-likeness (QED) is 0.424. The molecule has 0 spiro atoms. The molecule has 1 fully saturated rings. The number of nitrogens with zero attached hydrogens (tertiary/aromatic N) is 4. The molecule has 37 heavy (non-hydrogen) atoms. The van der Waals surface area contributed by atoms with Gasteiger partial charge in [-0.3, -0.25) is 9.35 Å². The standard InChI is InChI=1S/C24H25N5O6S2/c1-37(33,34)19-8-4-17(5-9-19)14-29-20-13-25-22(18-6-2-16(3-7-18)12-26-36(31)32)27-23(20)28-10-11-35-15-21(28)24(29)30/h2-9,13,21,26H,10-12,14-15H2,1H3,(H,31,32). The number of hydrogen-bond acceptors (Lipinski definition) is 8. The number of benzene rings is 2. The van der Waals surface area contributed by atoms with Gasteiger partial charge < -0.3 is 14.5 Å². The molecule has 2 aliphatic rings. The highest BCUT2D eigenvalue weighted by atomic mass is 32.2. The summed E-state index contributed by atoms with van der Waals surface area (Å²) in [5, 5.41) is 0. The Bertz CT molecular complexity index is 1450. The molecule has 5 rings (SSSR count). The molecule has 3 heterocycles. The molecular weight excluding hydrogens is 518 g/mol. The van der Waals surface area contributed by atoms with Gasteiger partial charge in [0.1, 0.15) is 11.7 Å². The molecule has 0 radical (unpaired) electrons. The fourth-order valence-corrected chi connectivity index (χ4v) is 5.29. The molecule has 2 N–H and O–H groups in total. The van der Waals surface area contributed by atoms with Crippen molar-refractivity contribution in [3.05, 3.63) is 65.9 Å². The zero-order chi connectivity index (χ0) is 26.2. The molecule has 2 aromatic carbocycles. The van der Waals surface area contributed by atoms with E-state index in [9.17, 15) is 17.4 Å². The highest BCUT2D eigenvalue weighted by Crippen LogP contribution is 2.37. The smallest absolute Gasteiger partial charge is 0.252 e. The average molecular weight is 544 g/mol. The molecular formula is C24H25N5O6S2. The number of carbonyl (C=O) groups is 1. The normalized spacial score (nSPS) is 18.3. The maximum Gasteiger partial charge on any atom is 0.252 e. The van der Waals surface area contributed by atoms with Crippen molar-refractivity contribution in [3.8, 4) is 11.4 Å². The Hall–Kier alpha value is -3.23. The molecule has 2 unspecified atom stereocenters. The van der Waals surface area contributed by atoms with Gasteiger partial charge in [0.15, 0.2) is 21.5 Å². The number of morpholine rings is 1. The lowest BCUT2D eigenvalue weighted by molar-refractivity contribution is -0.122. The molecule has 1 amide bonds. The van der Waals surface area contributed by atoms with Crippen molar-refractivity contribution in [2.24, 2.45) is 0 Å². The van der Waals surface area contributed by atoms with E-state index in [4.69, 9.17) is 14.3 Å². The predicted molar refractivity (Wildman–Crippen MR) is 138 cm³/mol. The first kappa shape index (κ1) is 25.4. The zero-order valence-electron chi connectivity index (χ0n) is 19.9. The summed E-state index contributed by atoms with van der Waals surface area (Å²) < 4.78 is 51.4. The molecule has 11 nitrogen and oxygen atoms in total. The van der Waals surface area contributed by atoms with Crippen LogP contribution in [-0.4, -0.2) is 65.1 Å². The maximum absolute atomic E-state index is 13.5. The van der Waals surface area contributed by atoms with Crippen LogP contribution in [0.3, 0.4) is 0 Å². The van der Waals surface area contributed by atoms with Gasteiger partial charge in [0, 0.05) is 24.9 Å². The third-order valence-electron chi connectivity index (χ3n) is 6.30. The number of aromatic nitrogens is 2. The highest BCUT2D eigenvalue weighted by Gasteiger charge is 2.41. The van der Waals surface area contributed by atoms with Crippen molar-refractivity contribution in [1.82, 2.24) is 14.7 Å². The largest absolute Gasteiger partial charge is 0.377 e. The summed E-state index contributed by atoms with van der Waals surface area (Å²) in [5.74, 6) is 0.988. The monoisotopic (exact) mass is 543 g/mol. The van der Waals surface area contributed by atoms with Crippen LogP contribution in [0.1, 0.15) is 11.1 Å². The van der Waals surface area contributed by atoms with E-state index in [0.717, 1.165) is 22.9 Å². The summed E-state index contributed by atoms with van der Waals surface area (Å²) in [4.78, 5) is 26.6. The van der Waals surface area contributed by atoms with Crippen molar-refractivity contribution in [1.29, 1.82) is 0 Å². The predicted octanol–water partition coefficient (Wildman–Crippen LogP) is 1.53. The third kappa shape index (κ3) is 5.40. The minimum Gasteiger partial charge on any atom is -0.377 e. The van der Waals surface area contributed by atoms with Crippen LogP contribution in [0.2, 0.25) is 0 Å². The van der Waals surface area contributed by atoms with E-state index in [1.165, 1.54) is 12.1 Å². The van der Waals surface area contributed by atoms with Gasteiger partial charge in [-0.15, -0.1) is 0 Å². The topological polar surface area (TPSA) is 142 Å². The number of hydrogen-bond donors (Lipinski definition) is 2. The summed E-state index contributed by atoms with van der Waals surface area (Å²) >= 11 is -2.09. The zero-order valence-corrected chi connectivity index (χ0v) is 21.5. The van der Waals surface area contributed by atoms with Crippen molar-refractivity contribution < 1.29 is 26.7 Å². The summed E-state index contributed by atoms with van der Waals surface area (Å²) in [6.45, 7) is 1.71. The number of fused-ring (bicyclic) bond motifs is 3. The van der Waals surface area contributed by atoms with Crippen LogP contribution in [0.4, 0.5) is 11.5 Å². The molecule has 1 aromatic heterocycles. The number of nitrogens with one attached hydrogen (secondary N) is 1. The van der Waals surface area contributed by atoms with Crippen LogP contribution < -0.4 is 14.5 Å². The van der Waals surface area contributed by atoms with Crippen LogP contribution in [0.5, 0.6) is 0 Å². The van der Waals surface area contributed by atoms with E-state index in [1.807, 2.05) is 29.2 Å². The van der Waals surface area contributed by atoms with E-state index < -0.39 is 27.1 Å². The Labute approximate surface area is 216 Å². The molecule has 3 aromatic rings. The van der Waals surface area contributed by atoms with Crippen LogP contribution in [-0.2, 0) is 43.7 Å². The van der Waals surface area contributed by atoms with E-state index >= 15 is 0 Å². The van der Waals surface area contributed by atoms with Gasteiger partial charge in [0.25, 0.3) is 5.91 Å². The second kappa shape index (κ2) is 10.3. The number of sulfone groups is 1. The maximum atomic E-state index is 13.5. The average Bonchev–Trinajstić information content (AvgIpc) is 2.89. The molecule has 13 heteroatoms. The lowest BCUT2D eigenvalue weighted by Gasteiger charge is -2.43. The fourth-order valence-electron chi connectivity index (χ4n) is 4.37. The van der Waals surface area contributed by atoms with Crippen LogP contribution in [0.15, 0.2) is 59.6 Å². The first-order valence-corrected chi connectivity index (χ1v) is 14.5. The van der Waals surface area contributed by atoms with E-state index in [1.54, 1.807) is 23.2 Å². The fraction of sp³-hybridized carbons (Fsp3) is 0.292. The van der Waals surface area contributed by atoms with Crippen molar-refractivity contribution in [3.63, 3.8) is 0 Å².